The molecular formula is C11H12N4S. The highest BCUT2D eigenvalue weighted by Gasteiger charge is 2.02. The molecule has 0 spiro atoms. The van der Waals surface area contributed by atoms with Crippen molar-refractivity contribution in [2.45, 2.75) is 22.9 Å². The summed E-state index contributed by atoms with van der Waals surface area (Å²) < 4.78 is 0. The van der Waals surface area contributed by atoms with Gasteiger partial charge in [0, 0.05) is 23.3 Å². The topological polar surface area (TPSA) is 64.7 Å². The van der Waals surface area contributed by atoms with Crippen molar-refractivity contribution in [3.05, 3.63) is 42.6 Å². The van der Waals surface area contributed by atoms with Crippen molar-refractivity contribution < 1.29 is 0 Å². The lowest BCUT2D eigenvalue weighted by molar-refractivity contribution is 0.777. The van der Waals surface area contributed by atoms with Gasteiger partial charge in [-0.05, 0) is 25.1 Å². The molecule has 16 heavy (non-hydrogen) atoms. The maximum atomic E-state index is 5.73. The smallest absolute Gasteiger partial charge is 0.116 e. The highest BCUT2D eigenvalue weighted by atomic mass is 32.2. The zero-order chi connectivity index (χ0) is 11.4. The minimum atomic E-state index is -0.0295. The fraction of sp³-hybridized carbons (Fsp3) is 0.182. The summed E-state index contributed by atoms with van der Waals surface area (Å²) in [5.41, 5.74) is 6.62. The van der Waals surface area contributed by atoms with E-state index in [1.165, 1.54) is 6.33 Å². The van der Waals surface area contributed by atoms with Gasteiger partial charge in [-0.25, -0.2) is 9.97 Å². The molecule has 0 saturated heterocycles. The standard InChI is InChI=1S/C11H12N4S/c1-8(12)10-3-2-9(6-14-10)16-11-4-5-13-7-15-11/h2-8H,12H2,1H3/t8-/m1/s1. The first kappa shape index (κ1) is 11.0. The van der Waals surface area contributed by atoms with Crippen molar-refractivity contribution in [3.63, 3.8) is 0 Å². The average molecular weight is 232 g/mol. The van der Waals surface area contributed by atoms with Crippen molar-refractivity contribution in [2.24, 2.45) is 5.73 Å². The molecule has 2 rings (SSSR count). The average Bonchev–Trinajstić information content (AvgIpc) is 2.31. The van der Waals surface area contributed by atoms with E-state index in [0.29, 0.717) is 0 Å². The van der Waals surface area contributed by atoms with Gasteiger partial charge in [-0.3, -0.25) is 4.98 Å². The number of rotatable bonds is 3. The van der Waals surface area contributed by atoms with Crippen LogP contribution in [0.25, 0.3) is 0 Å². The predicted octanol–water partition coefficient (Wildman–Crippen LogP) is 2.04. The molecule has 0 unspecified atom stereocenters. The summed E-state index contributed by atoms with van der Waals surface area (Å²) in [5.74, 6) is 0. The number of aromatic nitrogens is 3. The van der Waals surface area contributed by atoms with Gasteiger partial charge in [0.15, 0.2) is 0 Å². The summed E-state index contributed by atoms with van der Waals surface area (Å²) >= 11 is 1.55. The first-order valence-corrected chi connectivity index (χ1v) is 5.73. The van der Waals surface area contributed by atoms with E-state index in [9.17, 15) is 0 Å². The van der Waals surface area contributed by atoms with E-state index in [1.807, 2.05) is 31.3 Å². The Bertz CT molecular complexity index is 441. The van der Waals surface area contributed by atoms with Gasteiger partial charge >= 0.3 is 0 Å². The summed E-state index contributed by atoms with van der Waals surface area (Å²) in [7, 11) is 0. The van der Waals surface area contributed by atoms with E-state index in [1.54, 1.807) is 18.0 Å². The Balaban J connectivity index is 2.11. The lowest BCUT2D eigenvalue weighted by atomic mass is 10.2. The molecule has 2 aromatic rings. The first-order valence-electron chi connectivity index (χ1n) is 4.91. The molecule has 0 aromatic carbocycles. The fourth-order valence-electron chi connectivity index (χ4n) is 1.18. The Kier molecular flexibility index (Phi) is 3.48. The summed E-state index contributed by atoms with van der Waals surface area (Å²) in [6.07, 6.45) is 5.07. The van der Waals surface area contributed by atoms with E-state index >= 15 is 0 Å². The van der Waals surface area contributed by atoms with Crippen LogP contribution in [-0.2, 0) is 0 Å². The summed E-state index contributed by atoms with van der Waals surface area (Å²) in [4.78, 5) is 13.3. The monoisotopic (exact) mass is 232 g/mol. The highest BCUT2D eigenvalue weighted by molar-refractivity contribution is 7.99. The Hall–Kier alpha value is -1.46. The van der Waals surface area contributed by atoms with Gasteiger partial charge in [0.2, 0.25) is 0 Å². The van der Waals surface area contributed by atoms with Crippen LogP contribution in [0.15, 0.2) is 46.8 Å². The molecule has 1 atom stereocenters. The molecule has 82 valence electrons. The zero-order valence-electron chi connectivity index (χ0n) is 8.87. The van der Waals surface area contributed by atoms with Crippen LogP contribution in [0.5, 0.6) is 0 Å². The molecule has 2 heterocycles. The maximum Gasteiger partial charge on any atom is 0.116 e. The third-order valence-electron chi connectivity index (χ3n) is 2.00. The van der Waals surface area contributed by atoms with Crippen molar-refractivity contribution in [1.29, 1.82) is 0 Å². The van der Waals surface area contributed by atoms with Crippen LogP contribution in [0.2, 0.25) is 0 Å². The van der Waals surface area contributed by atoms with E-state index in [-0.39, 0.29) is 6.04 Å². The lowest BCUT2D eigenvalue weighted by Crippen LogP contribution is -2.06. The van der Waals surface area contributed by atoms with E-state index in [0.717, 1.165) is 15.6 Å². The molecule has 0 aliphatic rings. The van der Waals surface area contributed by atoms with Gasteiger partial charge in [0.25, 0.3) is 0 Å². The minimum absolute atomic E-state index is 0.0295. The first-order chi connectivity index (χ1) is 7.75. The third-order valence-corrected chi connectivity index (χ3v) is 2.93. The number of hydrogen-bond donors (Lipinski definition) is 1. The lowest BCUT2D eigenvalue weighted by Gasteiger charge is -2.05. The molecule has 2 N–H and O–H groups in total. The SMILES string of the molecule is C[C@@H](N)c1ccc(Sc2ccncn2)cn1. The Morgan fingerprint density at radius 2 is 2.12 bits per heavy atom. The van der Waals surface area contributed by atoms with Gasteiger partial charge in [0.1, 0.15) is 11.4 Å². The van der Waals surface area contributed by atoms with Crippen molar-refractivity contribution in [1.82, 2.24) is 15.0 Å². The molecule has 4 nitrogen and oxygen atoms in total. The number of nitrogens with two attached hydrogens (primary N) is 1. The molecule has 0 fully saturated rings. The molecule has 5 heteroatoms. The van der Waals surface area contributed by atoms with Crippen LogP contribution in [0.3, 0.4) is 0 Å². The normalized spacial score (nSPS) is 12.4. The number of pyridine rings is 1. The van der Waals surface area contributed by atoms with Crippen molar-refractivity contribution >= 4 is 11.8 Å². The number of hydrogen-bond acceptors (Lipinski definition) is 5. The molecule has 2 aromatic heterocycles. The van der Waals surface area contributed by atoms with Gasteiger partial charge in [-0.1, -0.05) is 11.8 Å². The third kappa shape index (κ3) is 2.77. The van der Waals surface area contributed by atoms with E-state index in [4.69, 9.17) is 5.73 Å². The van der Waals surface area contributed by atoms with Crippen LogP contribution in [0.1, 0.15) is 18.7 Å². The maximum absolute atomic E-state index is 5.73. The molecule has 0 bridgehead atoms. The summed E-state index contributed by atoms with van der Waals surface area (Å²) in [5, 5.41) is 0.908. The zero-order valence-corrected chi connectivity index (χ0v) is 9.69. The van der Waals surface area contributed by atoms with Crippen LogP contribution in [0, 0.1) is 0 Å². The quantitative estimate of drug-likeness (QED) is 0.820. The second kappa shape index (κ2) is 5.05. The van der Waals surface area contributed by atoms with Crippen LogP contribution >= 0.6 is 11.8 Å². The van der Waals surface area contributed by atoms with Crippen molar-refractivity contribution in [3.8, 4) is 0 Å². The largest absolute Gasteiger partial charge is 0.323 e. The molecule has 0 saturated carbocycles. The summed E-state index contributed by atoms with van der Waals surface area (Å²) in [6.45, 7) is 1.92. The van der Waals surface area contributed by atoms with Gasteiger partial charge < -0.3 is 5.73 Å². The molecule has 0 radical (unpaired) electrons. The molecule has 0 aliphatic carbocycles. The molecule has 0 aliphatic heterocycles. The van der Waals surface area contributed by atoms with Gasteiger partial charge in [-0.15, -0.1) is 0 Å². The second-order valence-corrected chi connectivity index (χ2v) is 4.45. The van der Waals surface area contributed by atoms with Crippen molar-refractivity contribution in [2.75, 3.05) is 0 Å². The Morgan fingerprint density at radius 3 is 2.69 bits per heavy atom. The van der Waals surface area contributed by atoms with Crippen LogP contribution in [0.4, 0.5) is 0 Å². The molecule has 0 amide bonds. The van der Waals surface area contributed by atoms with E-state index in [2.05, 4.69) is 15.0 Å². The van der Waals surface area contributed by atoms with Crippen LogP contribution < -0.4 is 5.73 Å². The Morgan fingerprint density at radius 1 is 1.25 bits per heavy atom. The van der Waals surface area contributed by atoms with Crippen LogP contribution in [-0.4, -0.2) is 15.0 Å². The number of nitrogens with zero attached hydrogens (tertiary/aromatic N) is 3. The minimum Gasteiger partial charge on any atom is -0.323 e. The van der Waals surface area contributed by atoms with Gasteiger partial charge in [-0.2, -0.15) is 0 Å². The molecular weight excluding hydrogens is 220 g/mol. The van der Waals surface area contributed by atoms with Gasteiger partial charge in [0.05, 0.1) is 5.69 Å². The second-order valence-electron chi connectivity index (χ2n) is 3.36. The fourth-order valence-corrected chi connectivity index (χ4v) is 1.89. The highest BCUT2D eigenvalue weighted by Crippen LogP contribution is 2.24. The predicted molar refractivity (Wildman–Crippen MR) is 63.0 cm³/mol. The Labute approximate surface area is 98.3 Å². The summed E-state index contributed by atoms with van der Waals surface area (Å²) in [6, 6.07) is 5.77. The van der Waals surface area contributed by atoms with E-state index < -0.39 is 0 Å².